The summed E-state index contributed by atoms with van der Waals surface area (Å²) in [6.07, 6.45) is 0. The van der Waals surface area contributed by atoms with Crippen molar-refractivity contribution in [2.45, 2.75) is 0 Å². The molecule has 4 aromatic rings. The third kappa shape index (κ3) is 3.19. The number of carbonyl (C=O) groups is 2. The second-order valence-corrected chi connectivity index (χ2v) is 6.74. The normalized spacial score (nSPS) is 11.0. The predicted octanol–water partition coefficient (Wildman–Crippen LogP) is 4.49. The number of carboxylic acids is 1. The molecule has 0 spiro atoms. The van der Waals surface area contributed by atoms with Crippen molar-refractivity contribution in [3.05, 3.63) is 64.9 Å². The van der Waals surface area contributed by atoms with Crippen molar-refractivity contribution in [2.75, 3.05) is 5.32 Å². The molecular weight excluding hydrogens is 406 g/mol. The number of benzene rings is 2. The molecule has 0 aliphatic rings. The Bertz CT molecular complexity index is 1250. The van der Waals surface area contributed by atoms with E-state index in [1.165, 1.54) is 5.38 Å². The second-order valence-electron chi connectivity index (χ2n) is 5.86. The van der Waals surface area contributed by atoms with Gasteiger partial charge in [0, 0.05) is 10.9 Å². The van der Waals surface area contributed by atoms with E-state index in [2.05, 4.69) is 10.3 Å². The number of aromatic carboxylic acids is 1. The summed E-state index contributed by atoms with van der Waals surface area (Å²) >= 11 is 0.808. The minimum atomic E-state index is -1.45. The number of aromatic hydroxyl groups is 1. The van der Waals surface area contributed by atoms with Crippen LogP contribution in [0.4, 0.5) is 14.5 Å². The Morgan fingerprint density at radius 2 is 1.90 bits per heavy atom. The Morgan fingerprint density at radius 1 is 1.14 bits per heavy atom. The topological polar surface area (TPSA) is 113 Å². The molecule has 0 saturated heterocycles. The first-order valence-corrected chi connectivity index (χ1v) is 8.94. The van der Waals surface area contributed by atoms with Gasteiger partial charge >= 0.3 is 11.9 Å². The van der Waals surface area contributed by atoms with Crippen LogP contribution in [0.5, 0.6) is 5.75 Å². The molecule has 10 heteroatoms. The van der Waals surface area contributed by atoms with Crippen molar-refractivity contribution in [1.82, 2.24) is 4.98 Å². The van der Waals surface area contributed by atoms with Crippen LogP contribution in [0.2, 0.25) is 0 Å². The van der Waals surface area contributed by atoms with Crippen LogP contribution in [0.25, 0.3) is 21.5 Å². The standard InChI is InChI=1S/C19H10F2N2O5S/c20-9-6-5-8(14(21)15(9)24)16-13(19(26)27)11(7-29-16)22-17(25)18-23-10-3-1-2-4-12(10)28-18/h1-7,24H,(H,22,25)(H,26,27). The number of hydrogen-bond donors (Lipinski definition) is 3. The van der Waals surface area contributed by atoms with Crippen LogP contribution in [0.15, 0.2) is 46.2 Å². The van der Waals surface area contributed by atoms with Gasteiger partial charge < -0.3 is 19.9 Å². The number of para-hydroxylation sites is 2. The van der Waals surface area contributed by atoms with Crippen molar-refractivity contribution in [2.24, 2.45) is 0 Å². The molecule has 2 aromatic heterocycles. The summed E-state index contributed by atoms with van der Waals surface area (Å²) in [5.41, 5.74) is -0.0112. The smallest absolute Gasteiger partial charge is 0.339 e. The van der Waals surface area contributed by atoms with Gasteiger partial charge in [-0.25, -0.2) is 18.6 Å². The largest absolute Gasteiger partial charge is 0.503 e. The van der Waals surface area contributed by atoms with E-state index >= 15 is 0 Å². The molecule has 0 atom stereocenters. The minimum Gasteiger partial charge on any atom is -0.503 e. The van der Waals surface area contributed by atoms with Crippen molar-refractivity contribution in [1.29, 1.82) is 0 Å². The zero-order valence-electron chi connectivity index (χ0n) is 14.3. The van der Waals surface area contributed by atoms with Crippen LogP contribution in [0, 0.1) is 11.6 Å². The maximum Gasteiger partial charge on any atom is 0.339 e. The highest BCUT2D eigenvalue weighted by Crippen LogP contribution is 2.40. The first-order chi connectivity index (χ1) is 13.9. The van der Waals surface area contributed by atoms with Gasteiger partial charge in [-0.1, -0.05) is 12.1 Å². The van der Waals surface area contributed by atoms with Gasteiger partial charge in [-0.05, 0) is 24.3 Å². The fourth-order valence-electron chi connectivity index (χ4n) is 2.72. The molecule has 29 heavy (non-hydrogen) atoms. The summed E-state index contributed by atoms with van der Waals surface area (Å²) in [5, 5.41) is 22.7. The highest BCUT2D eigenvalue weighted by atomic mass is 32.1. The number of phenols is 1. The van der Waals surface area contributed by atoms with Gasteiger partial charge in [-0.3, -0.25) is 4.79 Å². The molecule has 0 fully saturated rings. The zero-order chi connectivity index (χ0) is 20.7. The summed E-state index contributed by atoms with van der Waals surface area (Å²) in [6.45, 7) is 0. The van der Waals surface area contributed by atoms with E-state index in [1.807, 2.05) is 0 Å². The van der Waals surface area contributed by atoms with Crippen LogP contribution in [-0.2, 0) is 0 Å². The Hall–Kier alpha value is -3.79. The number of thiophene rings is 1. The fourth-order valence-corrected chi connectivity index (χ4v) is 3.73. The highest BCUT2D eigenvalue weighted by molar-refractivity contribution is 7.14. The molecule has 3 N–H and O–H groups in total. The average molecular weight is 416 g/mol. The molecule has 2 heterocycles. The Kier molecular flexibility index (Phi) is 4.47. The van der Waals surface area contributed by atoms with E-state index < -0.39 is 34.8 Å². The lowest BCUT2D eigenvalue weighted by atomic mass is 10.1. The SMILES string of the molecule is O=C(Nc1csc(-c2ccc(F)c(O)c2F)c1C(=O)O)c1nc2ccccc2o1. The third-order valence-corrected chi connectivity index (χ3v) is 5.07. The monoisotopic (exact) mass is 416 g/mol. The lowest BCUT2D eigenvalue weighted by molar-refractivity contribution is 0.0699. The van der Waals surface area contributed by atoms with Crippen LogP contribution >= 0.6 is 11.3 Å². The second kappa shape index (κ2) is 6.99. The van der Waals surface area contributed by atoms with Crippen molar-refractivity contribution < 1.29 is 33.0 Å². The first kappa shape index (κ1) is 18.6. The lowest BCUT2D eigenvalue weighted by Gasteiger charge is -2.07. The summed E-state index contributed by atoms with van der Waals surface area (Å²) in [5.74, 6) is -6.21. The number of hydrogen-bond acceptors (Lipinski definition) is 6. The van der Waals surface area contributed by atoms with Gasteiger partial charge in [-0.2, -0.15) is 0 Å². The van der Waals surface area contributed by atoms with Gasteiger partial charge in [0.15, 0.2) is 23.0 Å². The summed E-state index contributed by atoms with van der Waals surface area (Å²) in [6, 6.07) is 8.51. The molecule has 0 aliphatic heterocycles. The number of halogens is 2. The average Bonchev–Trinajstić information content (AvgIpc) is 3.30. The van der Waals surface area contributed by atoms with Crippen molar-refractivity contribution in [3.8, 4) is 16.2 Å². The van der Waals surface area contributed by atoms with Gasteiger partial charge in [0.05, 0.1) is 10.6 Å². The Labute approximate surface area is 164 Å². The molecule has 7 nitrogen and oxygen atoms in total. The van der Waals surface area contributed by atoms with Gasteiger partial charge in [0.25, 0.3) is 5.89 Å². The van der Waals surface area contributed by atoms with E-state index in [4.69, 9.17) is 4.42 Å². The number of anilines is 1. The molecule has 0 radical (unpaired) electrons. The van der Waals surface area contributed by atoms with Gasteiger partial charge in [-0.15, -0.1) is 11.3 Å². The molecule has 0 aliphatic carbocycles. The maximum atomic E-state index is 14.3. The summed E-state index contributed by atoms with van der Waals surface area (Å²) in [4.78, 5) is 28.1. The fraction of sp³-hybridized carbons (Fsp3) is 0. The number of phenolic OH excluding ortho intramolecular Hbond substituents is 1. The van der Waals surface area contributed by atoms with E-state index in [1.54, 1.807) is 24.3 Å². The number of amides is 1. The number of rotatable bonds is 4. The highest BCUT2D eigenvalue weighted by Gasteiger charge is 2.26. The lowest BCUT2D eigenvalue weighted by Crippen LogP contribution is -2.14. The molecule has 0 saturated carbocycles. The van der Waals surface area contributed by atoms with Crippen molar-refractivity contribution in [3.63, 3.8) is 0 Å². The Morgan fingerprint density at radius 3 is 2.62 bits per heavy atom. The zero-order valence-corrected chi connectivity index (χ0v) is 15.1. The number of oxazole rings is 1. The number of nitrogens with zero attached hydrogens (tertiary/aromatic N) is 1. The summed E-state index contributed by atoms with van der Waals surface area (Å²) < 4.78 is 32.9. The quantitative estimate of drug-likeness (QED) is 0.452. The van der Waals surface area contributed by atoms with E-state index in [9.17, 15) is 28.6 Å². The number of aromatic nitrogens is 1. The number of nitrogens with one attached hydrogen (secondary N) is 1. The van der Waals surface area contributed by atoms with Crippen LogP contribution in [0.1, 0.15) is 21.0 Å². The number of carbonyl (C=O) groups excluding carboxylic acids is 1. The van der Waals surface area contributed by atoms with Crippen molar-refractivity contribution >= 4 is 40.0 Å². The predicted molar refractivity (Wildman–Crippen MR) is 100 cm³/mol. The molecule has 4 rings (SSSR count). The Balaban J connectivity index is 1.73. The first-order valence-electron chi connectivity index (χ1n) is 8.06. The van der Waals surface area contributed by atoms with Gasteiger partial charge in [0.1, 0.15) is 11.1 Å². The maximum absolute atomic E-state index is 14.3. The number of carboxylic acid groups (broad SMARTS) is 1. The van der Waals surface area contributed by atoms with E-state index in [-0.39, 0.29) is 22.0 Å². The third-order valence-electron chi connectivity index (χ3n) is 4.05. The van der Waals surface area contributed by atoms with E-state index in [0.29, 0.717) is 11.1 Å². The van der Waals surface area contributed by atoms with Crippen LogP contribution < -0.4 is 5.32 Å². The minimum absolute atomic E-state index is 0.0989. The van der Waals surface area contributed by atoms with Crippen LogP contribution in [-0.4, -0.2) is 27.1 Å². The molecule has 0 unspecified atom stereocenters. The molecule has 2 aromatic carbocycles. The summed E-state index contributed by atoms with van der Waals surface area (Å²) in [7, 11) is 0. The van der Waals surface area contributed by atoms with Gasteiger partial charge in [0.2, 0.25) is 0 Å². The van der Waals surface area contributed by atoms with Crippen LogP contribution in [0.3, 0.4) is 0 Å². The van der Waals surface area contributed by atoms with E-state index in [0.717, 1.165) is 23.5 Å². The molecular formula is C19H10F2N2O5S. The molecule has 1 amide bonds. The molecule has 146 valence electrons. The molecule has 0 bridgehead atoms. The number of fused-ring (bicyclic) bond motifs is 1.